The van der Waals surface area contributed by atoms with Crippen molar-refractivity contribution in [3.63, 3.8) is 0 Å². The summed E-state index contributed by atoms with van der Waals surface area (Å²) < 4.78 is 0. The number of hydrogen-bond acceptors (Lipinski definition) is 2. The molecule has 63 valence electrons. The zero-order valence-corrected chi connectivity index (χ0v) is 6.54. The van der Waals surface area contributed by atoms with Crippen LogP contribution in [0.5, 0.6) is 5.75 Å². The Morgan fingerprint density at radius 3 is 2.67 bits per heavy atom. The van der Waals surface area contributed by atoms with Crippen LogP contribution in [0.3, 0.4) is 0 Å². The molecule has 5 heteroatoms. The van der Waals surface area contributed by atoms with E-state index >= 15 is 0 Å². The number of carboxylic acids is 1. The number of carboxylic acid groups (broad SMARTS) is 1. The smallest absolute Gasteiger partial charge is 0.337 e. The first-order chi connectivity index (χ1) is 5.66. The van der Waals surface area contributed by atoms with Crippen LogP contribution < -0.4 is 4.89 Å². The van der Waals surface area contributed by atoms with Gasteiger partial charge in [0, 0.05) is 5.26 Å². The minimum Gasteiger partial charge on any atom is -0.478 e. The van der Waals surface area contributed by atoms with Crippen molar-refractivity contribution >= 4 is 17.6 Å². The Kier molecular flexibility index (Phi) is 2.52. The second-order valence-corrected chi connectivity index (χ2v) is 2.38. The molecular weight excluding hydrogens is 184 g/mol. The largest absolute Gasteiger partial charge is 0.478 e. The van der Waals surface area contributed by atoms with Gasteiger partial charge < -0.3 is 9.99 Å². The zero-order chi connectivity index (χ0) is 9.14. The van der Waals surface area contributed by atoms with Gasteiger partial charge in [-0.3, -0.25) is 0 Å². The molecule has 12 heavy (non-hydrogen) atoms. The fraction of sp³-hybridized carbons (Fsp3) is 0. The molecule has 1 aromatic carbocycles. The highest BCUT2D eigenvalue weighted by atomic mass is 35.5. The summed E-state index contributed by atoms with van der Waals surface area (Å²) in [5.74, 6) is -1.38. The highest BCUT2D eigenvalue weighted by Gasteiger charge is 2.12. The van der Waals surface area contributed by atoms with E-state index in [0.29, 0.717) is 0 Å². The fourth-order valence-electron chi connectivity index (χ4n) is 0.740. The van der Waals surface area contributed by atoms with Crippen molar-refractivity contribution in [3.8, 4) is 5.75 Å². The second kappa shape index (κ2) is 3.42. The monoisotopic (exact) mass is 187 g/mol. The summed E-state index contributed by atoms with van der Waals surface area (Å²) in [6.45, 7) is 0. The highest BCUT2D eigenvalue weighted by molar-refractivity contribution is 6.34. The average Bonchev–Trinajstić information content (AvgIpc) is 2.04. The van der Waals surface area contributed by atoms with E-state index in [1.165, 1.54) is 18.2 Å². The third-order valence-corrected chi connectivity index (χ3v) is 1.67. The summed E-state index contributed by atoms with van der Waals surface area (Å²) in [5.41, 5.74) is -0.148. The summed E-state index contributed by atoms with van der Waals surface area (Å²) in [4.78, 5) is 14.0. The second-order valence-electron chi connectivity index (χ2n) is 2.01. The van der Waals surface area contributed by atoms with Crippen LogP contribution in [0, 0.1) is 0 Å². The van der Waals surface area contributed by atoms with Crippen LogP contribution in [-0.2, 0) is 5.26 Å². The number of hydrogen-bond donors (Lipinski definition) is 1. The van der Waals surface area contributed by atoms with Gasteiger partial charge in [-0.25, -0.2) is 4.79 Å². The van der Waals surface area contributed by atoms with Gasteiger partial charge in [0.05, 0.1) is 5.56 Å². The van der Waals surface area contributed by atoms with Crippen molar-refractivity contribution in [2.75, 3.05) is 0 Å². The van der Waals surface area contributed by atoms with Crippen molar-refractivity contribution in [2.45, 2.75) is 0 Å². The maximum absolute atomic E-state index is 10.4. The van der Waals surface area contributed by atoms with Crippen LogP contribution in [0.1, 0.15) is 10.4 Å². The standard InChI is InChI=1S/C7H4ClO4/c8-6-4(7(9)10)2-1-3-5(6)12-11/h1-3H,(H,9,10). The van der Waals surface area contributed by atoms with E-state index in [2.05, 4.69) is 4.89 Å². The molecule has 0 amide bonds. The molecule has 0 spiro atoms. The Labute approximate surface area is 72.9 Å². The lowest BCUT2D eigenvalue weighted by molar-refractivity contribution is -0.208. The first kappa shape index (κ1) is 8.83. The van der Waals surface area contributed by atoms with Crippen LogP contribution in [0.4, 0.5) is 0 Å². The minimum absolute atomic E-state index is 0.148. The minimum atomic E-state index is -1.20. The molecule has 0 fully saturated rings. The topological polar surface area (TPSA) is 66.4 Å². The van der Waals surface area contributed by atoms with E-state index in [1.807, 2.05) is 0 Å². The van der Waals surface area contributed by atoms with Gasteiger partial charge in [-0.05, 0) is 12.1 Å². The van der Waals surface area contributed by atoms with Crippen molar-refractivity contribution < 1.29 is 20.0 Å². The molecule has 0 atom stereocenters. The molecule has 1 aromatic rings. The maximum atomic E-state index is 10.4. The number of rotatable bonds is 2. The van der Waals surface area contributed by atoms with Crippen LogP contribution in [0.15, 0.2) is 18.2 Å². The van der Waals surface area contributed by atoms with E-state index in [1.54, 1.807) is 0 Å². The van der Waals surface area contributed by atoms with E-state index < -0.39 is 5.97 Å². The lowest BCUT2D eigenvalue weighted by atomic mass is 10.2. The van der Waals surface area contributed by atoms with Crippen LogP contribution in [-0.4, -0.2) is 11.1 Å². The number of aromatic carboxylic acids is 1. The van der Waals surface area contributed by atoms with Crippen molar-refractivity contribution in [2.24, 2.45) is 0 Å². The average molecular weight is 188 g/mol. The Morgan fingerprint density at radius 2 is 2.17 bits per heavy atom. The summed E-state index contributed by atoms with van der Waals surface area (Å²) in [5, 5.41) is 18.3. The van der Waals surface area contributed by atoms with Gasteiger partial charge >= 0.3 is 5.97 Å². The zero-order valence-electron chi connectivity index (χ0n) is 5.78. The SMILES string of the molecule is [O]Oc1cccc(C(=O)O)c1Cl. The van der Waals surface area contributed by atoms with Crippen molar-refractivity contribution in [3.05, 3.63) is 28.8 Å². The third-order valence-electron chi connectivity index (χ3n) is 1.28. The van der Waals surface area contributed by atoms with E-state index in [0.717, 1.165) is 0 Å². The van der Waals surface area contributed by atoms with Gasteiger partial charge in [0.2, 0.25) is 0 Å². The number of benzene rings is 1. The predicted molar refractivity (Wildman–Crippen MR) is 39.7 cm³/mol. The van der Waals surface area contributed by atoms with Crippen molar-refractivity contribution in [1.29, 1.82) is 0 Å². The van der Waals surface area contributed by atoms with E-state index in [4.69, 9.17) is 16.7 Å². The summed E-state index contributed by atoms with van der Waals surface area (Å²) in [6, 6.07) is 3.96. The van der Waals surface area contributed by atoms with Crippen LogP contribution >= 0.6 is 11.6 Å². The van der Waals surface area contributed by atoms with Gasteiger partial charge in [0.25, 0.3) is 0 Å². The molecule has 0 aliphatic rings. The molecule has 1 radical (unpaired) electrons. The molecule has 0 unspecified atom stereocenters. The third kappa shape index (κ3) is 1.49. The molecule has 1 rings (SSSR count). The Hall–Kier alpha value is -1.26. The summed E-state index contributed by atoms with van der Waals surface area (Å²) in [6.07, 6.45) is 0. The molecule has 0 aromatic heterocycles. The molecule has 1 N–H and O–H groups in total. The molecule has 0 saturated carbocycles. The van der Waals surface area contributed by atoms with Gasteiger partial charge in [-0.2, -0.15) is 0 Å². The Bertz CT molecular complexity index is 310. The summed E-state index contributed by atoms with van der Waals surface area (Å²) in [7, 11) is 0. The number of carbonyl (C=O) groups is 1. The molecule has 0 saturated heterocycles. The lowest BCUT2D eigenvalue weighted by Gasteiger charge is -2.00. The van der Waals surface area contributed by atoms with Gasteiger partial charge in [-0.1, -0.05) is 17.7 Å². The predicted octanol–water partition coefficient (Wildman–Crippen LogP) is 1.76. The van der Waals surface area contributed by atoms with Crippen LogP contribution in [0.2, 0.25) is 5.02 Å². The van der Waals surface area contributed by atoms with Crippen molar-refractivity contribution in [1.82, 2.24) is 0 Å². The molecule has 0 bridgehead atoms. The molecule has 0 aliphatic carbocycles. The molecule has 0 aliphatic heterocycles. The number of halogens is 1. The Balaban J connectivity index is 3.23. The first-order valence-electron chi connectivity index (χ1n) is 2.98. The van der Waals surface area contributed by atoms with Crippen LogP contribution in [0.25, 0.3) is 0 Å². The Morgan fingerprint density at radius 1 is 1.50 bits per heavy atom. The normalized spacial score (nSPS) is 9.50. The highest BCUT2D eigenvalue weighted by Crippen LogP contribution is 2.27. The van der Waals surface area contributed by atoms with Gasteiger partial charge in [-0.15, -0.1) is 0 Å². The molecule has 4 nitrogen and oxygen atoms in total. The quantitative estimate of drug-likeness (QED) is 0.567. The maximum Gasteiger partial charge on any atom is 0.337 e. The van der Waals surface area contributed by atoms with Gasteiger partial charge in [0.15, 0.2) is 5.75 Å². The first-order valence-corrected chi connectivity index (χ1v) is 3.36. The molecular formula is C7H4ClO4. The fourth-order valence-corrected chi connectivity index (χ4v) is 0.979. The van der Waals surface area contributed by atoms with Gasteiger partial charge in [0.1, 0.15) is 5.02 Å². The summed E-state index contributed by atoms with van der Waals surface area (Å²) >= 11 is 5.50. The van der Waals surface area contributed by atoms with E-state index in [9.17, 15) is 10.1 Å². The lowest BCUT2D eigenvalue weighted by Crippen LogP contribution is -1.98. The molecule has 0 heterocycles. The van der Waals surface area contributed by atoms with E-state index in [-0.39, 0.29) is 16.3 Å².